The molecule has 0 saturated carbocycles. The minimum absolute atomic E-state index is 0.0776. The lowest BCUT2D eigenvalue weighted by atomic mass is 10.1. The number of benzene rings is 1. The molecular weight excluding hydrogens is 385 g/mol. The van der Waals surface area contributed by atoms with E-state index in [1.54, 1.807) is 40.2 Å². The molecule has 2 aromatic heterocycles. The van der Waals surface area contributed by atoms with Gasteiger partial charge in [-0.3, -0.25) is 9.69 Å². The van der Waals surface area contributed by atoms with E-state index >= 15 is 0 Å². The summed E-state index contributed by atoms with van der Waals surface area (Å²) in [4.78, 5) is 23.0. The third kappa shape index (κ3) is 4.05. The third-order valence-electron chi connectivity index (χ3n) is 4.83. The molecule has 29 heavy (non-hydrogen) atoms. The monoisotopic (exact) mass is 403 g/mol. The van der Waals surface area contributed by atoms with Crippen molar-refractivity contribution in [2.45, 2.75) is 6.18 Å². The number of pyridine rings is 1. The summed E-state index contributed by atoms with van der Waals surface area (Å²) >= 11 is 0. The number of carbonyl (C=O) groups excluding carboxylic acids is 1. The van der Waals surface area contributed by atoms with Crippen LogP contribution in [0.1, 0.15) is 15.9 Å². The zero-order chi connectivity index (χ0) is 20.4. The van der Waals surface area contributed by atoms with E-state index in [1.165, 1.54) is 12.4 Å². The maximum Gasteiger partial charge on any atom is 0.419 e. The Bertz CT molecular complexity index is 963. The molecule has 3 aromatic rings. The van der Waals surface area contributed by atoms with Crippen LogP contribution in [0.3, 0.4) is 0 Å². The number of amides is 1. The second kappa shape index (κ2) is 7.53. The van der Waals surface area contributed by atoms with E-state index in [2.05, 4.69) is 15.1 Å². The molecule has 4 rings (SSSR count). The molecule has 1 saturated heterocycles. The topological polar surface area (TPSA) is 68.4 Å². The van der Waals surface area contributed by atoms with Crippen molar-refractivity contribution in [2.75, 3.05) is 31.1 Å². The summed E-state index contributed by atoms with van der Waals surface area (Å²) in [6.45, 7) is 2.03. The fraction of sp³-hybridized carbons (Fsp3) is 0.263. The second-order valence-corrected chi connectivity index (χ2v) is 6.63. The highest BCUT2D eigenvalue weighted by Crippen LogP contribution is 2.28. The Morgan fingerprint density at radius 3 is 2.28 bits per heavy atom. The molecule has 0 bridgehead atoms. The van der Waals surface area contributed by atoms with E-state index in [0.29, 0.717) is 37.6 Å². The van der Waals surface area contributed by atoms with E-state index in [1.807, 2.05) is 4.90 Å². The maximum atomic E-state index is 12.7. The normalized spacial score (nSPS) is 14.9. The molecule has 150 valence electrons. The van der Waals surface area contributed by atoms with Gasteiger partial charge >= 0.3 is 6.18 Å². The van der Waals surface area contributed by atoms with Gasteiger partial charge in [-0.05, 0) is 30.3 Å². The van der Waals surface area contributed by atoms with Crippen LogP contribution in [-0.4, -0.2) is 51.8 Å². The van der Waals surface area contributed by atoms with Crippen LogP contribution in [0.15, 0.2) is 55.2 Å². The number of anilines is 1. The summed E-state index contributed by atoms with van der Waals surface area (Å²) in [5.41, 5.74) is 0.662. The SMILES string of the molecule is O=C(c1ccc(-n2cncn2)cc1)N1CCN(c2ccc(C(F)(F)F)c[nH+]2)CC1. The van der Waals surface area contributed by atoms with Crippen molar-refractivity contribution >= 4 is 11.7 Å². The van der Waals surface area contributed by atoms with Crippen LogP contribution in [-0.2, 0) is 6.18 Å². The minimum Gasteiger partial charge on any atom is -0.331 e. The summed E-state index contributed by atoms with van der Waals surface area (Å²) < 4.78 is 39.7. The molecule has 10 heteroatoms. The molecule has 7 nitrogen and oxygen atoms in total. The number of carbonyl (C=O) groups is 1. The van der Waals surface area contributed by atoms with Gasteiger partial charge in [-0.25, -0.2) is 14.6 Å². The standard InChI is InChI=1S/C19H17F3N6O/c20-19(21,22)15-3-6-17(24-11-15)26-7-9-27(10-8-26)18(29)14-1-4-16(5-2-14)28-13-23-12-25-28/h1-6,11-13H,7-10H2/p+1. The summed E-state index contributed by atoms with van der Waals surface area (Å²) in [7, 11) is 0. The van der Waals surface area contributed by atoms with E-state index in [4.69, 9.17) is 0 Å². The van der Waals surface area contributed by atoms with Crippen molar-refractivity contribution in [3.05, 3.63) is 66.4 Å². The molecule has 0 unspecified atom stereocenters. The van der Waals surface area contributed by atoms with Gasteiger partial charge in [0.15, 0.2) is 0 Å². The van der Waals surface area contributed by atoms with E-state index in [0.717, 1.165) is 18.0 Å². The number of piperazine rings is 1. The van der Waals surface area contributed by atoms with Gasteiger partial charge in [0.25, 0.3) is 11.7 Å². The van der Waals surface area contributed by atoms with Gasteiger partial charge in [-0.15, -0.1) is 0 Å². The molecule has 0 atom stereocenters. The van der Waals surface area contributed by atoms with Gasteiger partial charge < -0.3 is 4.90 Å². The number of aromatic amines is 1. The number of alkyl halides is 3. The minimum atomic E-state index is -4.37. The highest BCUT2D eigenvalue weighted by atomic mass is 19.4. The maximum absolute atomic E-state index is 12.7. The highest BCUT2D eigenvalue weighted by Gasteiger charge is 2.33. The number of hydrogen-bond donors (Lipinski definition) is 0. The molecule has 1 N–H and O–H groups in total. The quantitative estimate of drug-likeness (QED) is 0.672. The van der Waals surface area contributed by atoms with Crippen LogP contribution in [0.5, 0.6) is 0 Å². The first-order valence-electron chi connectivity index (χ1n) is 9.00. The van der Waals surface area contributed by atoms with Crippen molar-refractivity contribution in [1.29, 1.82) is 0 Å². The van der Waals surface area contributed by atoms with E-state index in [9.17, 15) is 18.0 Å². The third-order valence-corrected chi connectivity index (χ3v) is 4.83. The fourth-order valence-corrected chi connectivity index (χ4v) is 3.22. The predicted molar refractivity (Wildman–Crippen MR) is 97.5 cm³/mol. The summed E-state index contributed by atoms with van der Waals surface area (Å²) in [5, 5.41) is 4.05. The summed E-state index contributed by atoms with van der Waals surface area (Å²) in [6, 6.07) is 9.57. The van der Waals surface area contributed by atoms with Crippen LogP contribution in [0.25, 0.3) is 5.69 Å². The number of aromatic nitrogens is 4. The number of H-pyrrole nitrogens is 1. The summed E-state index contributed by atoms with van der Waals surface area (Å²) in [5.74, 6) is 0.522. The van der Waals surface area contributed by atoms with Crippen LogP contribution in [0.2, 0.25) is 0 Å². The Balaban J connectivity index is 1.37. The molecule has 1 fully saturated rings. The molecule has 0 spiro atoms. The van der Waals surface area contributed by atoms with Crippen LogP contribution < -0.4 is 9.88 Å². The van der Waals surface area contributed by atoms with Gasteiger partial charge in [-0.1, -0.05) is 0 Å². The molecule has 1 aliphatic rings. The van der Waals surface area contributed by atoms with Crippen molar-refractivity contribution in [2.24, 2.45) is 0 Å². The number of halogens is 3. The molecule has 1 amide bonds. The van der Waals surface area contributed by atoms with Gasteiger partial charge in [0, 0.05) is 11.6 Å². The van der Waals surface area contributed by atoms with Crippen LogP contribution in [0.4, 0.5) is 19.0 Å². The van der Waals surface area contributed by atoms with Crippen molar-refractivity contribution in [3.8, 4) is 5.69 Å². The second-order valence-electron chi connectivity index (χ2n) is 6.63. The molecule has 1 aliphatic heterocycles. The van der Waals surface area contributed by atoms with Gasteiger partial charge in [-0.2, -0.15) is 18.3 Å². The fourth-order valence-electron chi connectivity index (χ4n) is 3.22. The Labute approximate surface area is 164 Å². The smallest absolute Gasteiger partial charge is 0.331 e. The Morgan fingerprint density at radius 1 is 1.00 bits per heavy atom. The Morgan fingerprint density at radius 2 is 1.72 bits per heavy atom. The molecule has 0 radical (unpaired) electrons. The zero-order valence-corrected chi connectivity index (χ0v) is 15.3. The zero-order valence-electron chi connectivity index (χ0n) is 15.3. The lowest BCUT2D eigenvalue weighted by molar-refractivity contribution is -0.367. The predicted octanol–water partition coefficient (Wildman–Crippen LogP) is 2.06. The number of rotatable bonds is 3. The number of nitrogens with zero attached hydrogens (tertiary/aromatic N) is 5. The van der Waals surface area contributed by atoms with E-state index in [-0.39, 0.29) is 5.91 Å². The number of hydrogen-bond acceptors (Lipinski definition) is 4. The lowest BCUT2D eigenvalue weighted by Crippen LogP contribution is -2.50. The average Bonchev–Trinajstić information content (AvgIpc) is 3.28. The van der Waals surface area contributed by atoms with E-state index < -0.39 is 11.7 Å². The van der Waals surface area contributed by atoms with Gasteiger partial charge in [0.2, 0.25) is 0 Å². The highest BCUT2D eigenvalue weighted by molar-refractivity contribution is 5.94. The Kier molecular flexibility index (Phi) is 4.91. The lowest BCUT2D eigenvalue weighted by Gasteiger charge is -2.31. The molecule has 0 aliphatic carbocycles. The first kappa shape index (κ1) is 18.9. The first-order chi connectivity index (χ1) is 13.9. The van der Waals surface area contributed by atoms with Gasteiger partial charge in [0.1, 0.15) is 31.9 Å². The largest absolute Gasteiger partial charge is 0.419 e. The molecular formula is C19H18F3N6O+. The van der Waals surface area contributed by atoms with Crippen molar-refractivity contribution < 1.29 is 22.9 Å². The van der Waals surface area contributed by atoms with Crippen LogP contribution in [0, 0.1) is 0 Å². The Hall–Kier alpha value is -3.43. The molecule has 1 aromatic carbocycles. The van der Waals surface area contributed by atoms with Crippen molar-refractivity contribution in [1.82, 2.24) is 19.7 Å². The average molecular weight is 403 g/mol. The number of nitrogens with one attached hydrogen (secondary N) is 1. The van der Waals surface area contributed by atoms with Gasteiger partial charge in [0.05, 0.1) is 24.3 Å². The molecule has 3 heterocycles. The summed E-state index contributed by atoms with van der Waals surface area (Å²) in [6.07, 6.45) is -0.395. The van der Waals surface area contributed by atoms with Crippen LogP contribution >= 0.6 is 0 Å². The van der Waals surface area contributed by atoms with Crippen molar-refractivity contribution in [3.63, 3.8) is 0 Å². The first-order valence-corrected chi connectivity index (χ1v) is 9.00.